The summed E-state index contributed by atoms with van der Waals surface area (Å²) in [5, 5.41) is 0. The van der Waals surface area contributed by atoms with E-state index in [-0.39, 0.29) is 12.3 Å². The number of fused-ring (bicyclic) bond motifs is 3. The summed E-state index contributed by atoms with van der Waals surface area (Å²) in [4.78, 5) is 43.2. The molecule has 0 aliphatic carbocycles. The molecule has 1 aliphatic rings. The van der Waals surface area contributed by atoms with Gasteiger partial charge >= 0.3 is 5.69 Å². The molecule has 4 rings (SSSR count). The second kappa shape index (κ2) is 5.44. The highest BCUT2D eigenvalue weighted by atomic mass is 16.2. The van der Waals surface area contributed by atoms with Crippen LogP contribution in [-0.4, -0.2) is 24.6 Å². The van der Waals surface area contributed by atoms with Crippen LogP contribution in [0.15, 0.2) is 39.9 Å². The molecule has 1 aliphatic heterocycles. The number of anilines is 1. The van der Waals surface area contributed by atoms with Crippen molar-refractivity contribution in [3.8, 4) is 0 Å². The Bertz CT molecular complexity index is 1110. The SMILES string of the molecule is Cn1c(=O)c2c(nc3n2CCC(=O)N3Cc2ccccc2)n(C)c1=O. The standard InChI is InChI=1S/C17H17N5O3/c1-19-14-13(15(24)20(2)17(19)25)21-9-8-12(23)22(16(21)18-14)10-11-6-4-3-5-7-11/h3-7H,8-10H2,1-2H3. The van der Waals surface area contributed by atoms with Gasteiger partial charge in [-0.3, -0.25) is 23.6 Å². The molecule has 3 aromatic rings. The van der Waals surface area contributed by atoms with Crippen LogP contribution in [0.5, 0.6) is 0 Å². The number of carbonyl (C=O) groups excluding carboxylic acids is 1. The largest absolute Gasteiger partial charge is 0.332 e. The van der Waals surface area contributed by atoms with E-state index >= 15 is 0 Å². The third-order valence-electron chi connectivity index (χ3n) is 4.60. The van der Waals surface area contributed by atoms with Crippen LogP contribution in [0.25, 0.3) is 11.2 Å². The van der Waals surface area contributed by atoms with Crippen LogP contribution < -0.4 is 16.1 Å². The average molecular weight is 339 g/mol. The van der Waals surface area contributed by atoms with E-state index in [4.69, 9.17) is 0 Å². The average Bonchev–Trinajstić information content (AvgIpc) is 3.01. The van der Waals surface area contributed by atoms with E-state index in [2.05, 4.69) is 4.98 Å². The summed E-state index contributed by atoms with van der Waals surface area (Å²) in [6.45, 7) is 0.751. The predicted octanol–water partition coefficient (Wildman–Crippen LogP) is 0.371. The fourth-order valence-corrected chi connectivity index (χ4v) is 3.23. The first kappa shape index (κ1) is 15.4. The van der Waals surface area contributed by atoms with Crippen LogP contribution in [0.1, 0.15) is 12.0 Å². The minimum absolute atomic E-state index is 0.0477. The maximum atomic E-state index is 12.6. The lowest BCUT2D eigenvalue weighted by molar-refractivity contribution is -0.119. The van der Waals surface area contributed by atoms with Gasteiger partial charge in [-0.2, -0.15) is 4.98 Å². The Hall–Kier alpha value is -3.16. The topological polar surface area (TPSA) is 82.1 Å². The van der Waals surface area contributed by atoms with E-state index in [1.807, 2.05) is 30.3 Å². The molecule has 2 aromatic heterocycles. The number of imidazole rings is 1. The molecule has 1 amide bonds. The van der Waals surface area contributed by atoms with Gasteiger partial charge in [-0.15, -0.1) is 0 Å². The van der Waals surface area contributed by atoms with E-state index in [0.29, 0.717) is 30.2 Å². The van der Waals surface area contributed by atoms with Gasteiger partial charge in [0, 0.05) is 27.1 Å². The van der Waals surface area contributed by atoms with Crippen molar-refractivity contribution in [3.05, 3.63) is 56.7 Å². The molecule has 0 bridgehead atoms. The number of aryl methyl sites for hydroxylation is 2. The molecule has 3 heterocycles. The first-order valence-electron chi connectivity index (χ1n) is 7.99. The van der Waals surface area contributed by atoms with Gasteiger partial charge in [-0.05, 0) is 5.56 Å². The Kier molecular flexibility index (Phi) is 3.34. The highest BCUT2D eigenvalue weighted by Crippen LogP contribution is 2.26. The highest BCUT2D eigenvalue weighted by molar-refractivity contribution is 5.95. The molecule has 0 spiro atoms. The molecule has 1 aromatic carbocycles. The van der Waals surface area contributed by atoms with Gasteiger partial charge in [0.15, 0.2) is 11.2 Å². The van der Waals surface area contributed by atoms with Crippen molar-refractivity contribution in [2.24, 2.45) is 14.1 Å². The molecule has 8 nitrogen and oxygen atoms in total. The monoisotopic (exact) mass is 339 g/mol. The molecular weight excluding hydrogens is 322 g/mol. The minimum atomic E-state index is -0.436. The zero-order valence-corrected chi connectivity index (χ0v) is 14.0. The van der Waals surface area contributed by atoms with Crippen molar-refractivity contribution in [2.75, 3.05) is 4.90 Å². The molecule has 128 valence electrons. The molecular formula is C17H17N5O3. The number of hydrogen-bond donors (Lipinski definition) is 0. The van der Waals surface area contributed by atoms with Gasteiger partial charge in [0.25, 0.3) is 5.56 Å². The van der Waals surface area contributed by atoms with Crippen molar-refractivity contribution < 1.29 is 4.79 Å². The Morgan fingerprint density at radius 2 is 1.76 bits per heavy atom. The number of benzene rings is 1. The summed E-state index contributed by atoms with van der Waals surface area (Å²) in [5.74, 6) is 0.363. The number of carbonyl (C=O) groups is 1. The molecule has 0 unspecified atom stereocenters. The number of amides is 1. The van der Waals surface area contributed by atoms with Gasteiger partial charge in [0.05, 0.1) is 6.54 Å². The summed E-state index contributed by atoms with van der Waals surface area (Å²) >= 11 is 0. The van der Waals surface area contributed by atoms with Crippen molar-refractivity contribution >= 4 is 23.0 Å². The maximum Gasteiger partial charge on any atom is 0.332 e. The smallest absolute Gasteiger partial charge is 0.303 e. The van der Waals surface area contributed by atoms with Crippen LogP contribution in [-0.2, 0) is 32.0 Å². The summed E-state index contributed by atoms with van der Waals surface area (Å²) in [5.41, 5.74) is 0.791. The maximum absolute atomic E-state index is 12.6. The van der Waals surface area contributed by atoms with Gasteiger partial charge in [-0.1, -0.05) is 30.3 Å². The summed E-state index contributed by atoms with van der Waals surface area (Å²) in [6, 6.07) is 9.60. The van der Waals surface area contributed by atoms with E-state index < -0.39 is 11.2 Å². The van der Waals surface area contributed by atoms with Gasteiger partial charge in [0.2, 0.25) is 11.9 Å². The fourth-order valence-electron chi connectivity index (χ4n) is 3.23. The van der Waals surface area contributed by atoms with E-state index in [9.17, 15) is 14.4 Å². The van der Waals surface area contributed by atoms with E-state index in [1.54, 1.807) is 16.5 Å². The molecule has 0 radical (unpaired) electrons. The molecule has 0 saturated heterocycles. The molecule has 0 N–H and O–H groups in total. The second-order valence-corrected chi connectivity index (χ2v) is 6.16. The number of rotatable bonds is 2. The predicted molar refractivity (Wildman–Crippen MR) is 92.5 cm³/mol. The minimum Gasteiger partial charge on any atom is -0.303 e. The molecule has 8 heteroatoms. The Labute approximate surface area is 142 Å². The quantitative estimate of drug-likeness (QED) is 0.675. The van der Waals surface area contributed by atoms with E-state index in [0.717, 1.165) is 10.1 Å². The third kappa shape index (κ3) is 2.21. The summed E-state index contributed by atoms with van der Waals surface area (Å²) in [7, 11) is 3.02. The van der Waals surface area contributed by atoms with Gasteiger partial charge in [-0.25, -0.2) is 4.79 Å². The lowest BCUT2D eigenvalue weighted by atomic mass is 10.2. The third-order valence-corrected chi connectivity index (χ3v) is 4.60. The van der Waals surface area contributed by atoms with Crippen LogP contribution in [0.4, 0.5) is 5.95 Å². The van der Waals surface area contributed by atoms with Crippen molar-refractivity contribution in [2.45, 2.75) is 19.5 Å². The van der Waals surface area contributed by atoms with Crippen molar-refractivity contribution in [1.82, 2.24) is 18.7 Å². The van der Waals surface area contributed by atoms with Gasteiger partial charge < -0.3 is 4.57 Å². The zero-order chi connectivity index (χ0) is 17.7. The molecule has 0 atom stereocenters. The summed E-state index contributed by atoms with van der Waals surface area (Å²) in [6.07, 6.45) is 0.289. The normalized spacial score (nSPS) is 14.2. The zero-order valence-electron chi connectivity index (χ0n) is 14.0. The number of hydrogen-bond acceptors (Lipinski definition) is 4. The van der Waals surface area contributed by atoms with Crippen molar-refractivity contribution in [3.63, 3.8) is 0 Å². The van der Waals surface area contributed by atoms with Crippen LogP contribution in [0.3, 0.4) is 0 Å². The van der Waals surface area contributed by atoms with Gasteiger partial charge in [0.1, 0.15) is 0 Å². The molecule has 0 fully saturated rings. The second-order valence-electron chi connectivity index (χ2n) is 6.16. The first-order chi connectivity index (χ1) is 12.0. The first-order valence-corrected chi connectivity index (χ1v) is 7.99. The number of aromatic nitrogens is 4. The van der Waals surface area contributed by atoms with Crippen LogP contribution in [0.2, 0.25) is 0 Å². The van der Waals surface area contributed by atoms with E-state index in [1.165, 1.54) is 11.6 Å². The van der Waals surface area contributed by atoms with Crippen molar-refractivity contribution in [1.29, 1.82) is 0 Å². The summed E-state index contributed by atoms with van der Waals surface area (Å²) < 4.78 is 4.14. The Morgan fingerprint density at radius 1 is 1.04 bits per heavy atom. The number of nitrogens with zero attached hydrogens (tertiary/aromatic N) is 5. The molecule has 0 saturated carbocycles. The highest BCUT2D eigenvalue weighted by Gasteiger charge is 2.30. The molecule has 25 heavy (non-hydrogen) atoms. The van der Waals surface area contributed by atoms with Crippen LogP contribution >= 0.6 is 0 Å². The fraction of sp³-hybridized carbons (Fsp3) is 0.294. The van der Waals surface area contributed by atoms with Crippen LogP contribution in [0, 0.1) is 0 Å². The lowest BCUT2D eigenvalue weighted by Gasteiger charge is -2.27. The Morgan fingerprint density at radius 3 is 2.48 bits per heavy atom. The lowest BCUT2D eigenvalue weighted by Crippen LogP contribution is -2.39. The Balaban J connectivity index is 1.94.